The number of nitrogens with zero attached hydrogens (tertiary/aromatic N) is 1. The Morgan fingerprint density at radius 3 is 0.946 bits per heavy atom. The van der Waals surface area contributed by atoms with Crippen molar-refractivity contribution >= 4 is 9.05 Å². The monoisotopic (exact) mass is 585 g/mol. The molecule has 0 radical (unpaired) electrons. The Hall–Kier alpha value is 1.23. The Bertz CT molecular complexity index is 367. The van der Waals surface area contributed by atoms with Gasteiger partial charge in [-0.3, -0.25) is 0 Å². The summed E-state index contributed by atoms with van der Waals surface area (Å²) in [6, 6.07) is 0. The summed E-state index contributed by atoms with van der Waals surface area (Å²) in [7, 11) is 4.09. The minimum absolute atomic E-state index is 0. The van der Waals surface area contributed by atoms with Crippen molar-refractivity contribution in [1.82, 2.24) is 0 Å². The standard InChI is InChI=1S/C19H42N.C8H20O4Si.ClH.Na.2H2O/c1-5-6-7-8-9-10-11-12-13-14-15-16-17-18-19-20(2,3)4;1-5-9-13(10-6-2,11-7-3)12-8-4;;;;/h5-19H2,1-4H3;5-8H2,1-4H3;1H;;2*1H2/q+1;;;+1;;/p-2. The minimum atomic E-state index is -2.80. The van der Waals surface area contributed by atoms with E-state index < -0.39 is 9.05 Å². The first kappa shape index (κ1) is 51.0. The predicted molar refractivity (Wildman–Crippen MR) is 151 cm³/mol. The van der Waals surface area contributed by atoms with Gasteiger partial charge in [0.25, 0.3) is 0 Å². The van der Waals surface area contributed by atoms with E-state index in [2.05, 4.69) is 28.1 Å². The third kappa shape index (κ3) is 39.4. The summed E-state index contributed by atoms with van der Waals surface area (Å²) in [5, 5.41) is 0. The molecule has 0 unspecified atom stereocenters. The molecular weight excluding hydrogens is 521 g/mol. The van der Waals surface area contributed by atoms with Crippen LogP contribution in [0.1, 0.15) is 125 Å². The van der Waals surface area contributed by atoms with Gasteiger partial charge >= 0.3 is 38.6 Å². The molecule has 0 heterocycles. The van der Waals surface area contributed by atoms with Crippen LogP contribution in [0.25, 0.3) is 0 Å². The number of halogens is 1. The largest absolute Gasteiger partial charge is 1.00 e. The molecule has 0 saturated heterocycles. The number of unbranched alkanes of at least 4 members (excludes halogenated alkanes) is 13. The molecule has 0 aliphatic rings. The van der Waals surface area contributed by atoms with Gasteiger partial charge in [0.1, 0.15) is 0 Å². The van der Waals surface area contributed by atoms with Gasteiger partial charge in [0.05, 0.1) is 27.7 Å². The van der Waals surface area contributed by atoms with E-state index in [1.807, 2.05) is 27.7 Å². The smallest absolute Gasteiger partial charge is 1.00 e. The molecule has 0 aliphatic heterocycles. The second kappa shape index (κ2) is 37.2. The van der Waals surface area contributed by atoms with Crippen LogP contribution in [-0.4, -0.2) is 78.6 Å². The molecule has 0 fully saturated rings. The zero-order valence-electron chi connectivity index (χ0n) is 26.3. The minimum Gasteiger partial charge on any atom is -1.00 e. The van der Waals surface area contributed by atoms with Crippen molar-refractivity contribution in [2.45, 2.75) is 125 Å². The Labute approximate surface area is 261 Å². The Balaban J connectivity index is -0.000000125. The van der Waals surface area contributed by atoms with E-state index in [4.69, 9.17) is 17.7 Å². The van der Waals surface area contributed by atoms with Crippen LogP contribution in [0, 0.1) is 0 Å². The molecule has 10 heteroatoms. The van der Waals surface area contributed by atoms with E-state index in [-0.39, 0.29) is 52.9 Å². The fourth-order valence-corrected chi connectivity index (χ4v) is 5.65. The van der Waals surface area contributed by atoms with Crippen molar-refractivity contribution < 1.29 is 75.1 Å². The van der Waals surface area contributed by atoms with Crippen LogP contribution >= 0.6 is 0 Å². The van der Waals surface area contributed by atoms with Crippen LogP contribution in [0.2, 0.25) is 0 Å². The Morgan fingerprint density at radius 1 is 0.486 bits per heavy atom. The number of rotatable bonds is 23. The molecule has 37 heavy (non-hydrogen) atoms. The number of hydrogen-bond acceptors (Lipinski definition) is 5. The topological polar surface area (TPSA) is 98.4 Å². The molecule has 0 spiro atoms. The Morgan fingerprint density at radius 2 is 0.730 bits per heavy atom. The SMILES string of the molecule is CCCCCCCCCCCCCCCC[N+](C)(C)C.CCO[Si](OCC)(OCC)OCC.O.[Cl-].[Na+].[OH-]. The maximum absolute atomic E-state index is 5.42. The normalized spacial score (nSPS) is 10.7. The van der Waals surface area contributed by atoms with Crippen LogP contribution in [0.15, 0.2) is 0 Å². The molecule has 0 saturated carbocycles. The van der Waals surface area contributed by atoms with Crippen LogP contribution in [0.4, 0.5) is 0 Å². The van der Waals surface area contributed by atoms with Gasteiger partial charge in [-0.25, -0.2) is 0 Å². The zero-order chi connectivity index (χ0) is 25.3. The van der Waals surface area contributed by atoms with Crippen LogP contribution in [0.3, 0.4) is 0 Å². The fourth-order valence-electron chi connectivity index (χ4n) is 3.74. The summed E-state index contributed by atoms with van der Waals surface area (Å²) in [5.41, 5.74) is 0. The maximum Gasteiger partial charge on any atom is 1.00 e. The van der Waals surface area contributed by atoms with Gasteiger partial charge in [-0.2, -0.15) is 0 Å². The van der Waals surface area contributed by atoms with Crippen molar-refractivity contribution in [3.63, 3.8) is 0 Å². The van der Waals surface area contributed by atoms with E-state index in [1.54, 1.807) is 0 Å². The summed E-state index contributed by atoms with van der Waals surface area (Å²) < 4.78 is 22.8. The molecule has 0 amide bonds. The van der Waals surface area contributed by atoms with Gasteiger partial charge in [0, 0.05) is 26.4 Å². The zero-order valence-corrected chi connectivity index (χ0v) is 30.1. The molecule has 0 aromatic carbocycles. The van der Waals surface area contributed by atoms with Crippen molar-refractivity contribution in [2.24, 2.45) is 0 Å². The average Bonchev–Trinajstić information content (AvgIpc) is 2.74. The molecule has 0 bridgehead atoms. The fraction of sp³-hybridized carbons (Fsp3) is 1.00. The van der Waals surface area contributed by atoms with Gasteiger partial charge in [-0.1, -0.05) is 84.0 Å². The summed E-state index contributed by atoms with van der Waals surface area (Å²) in [6.45, 7) is 13.4. The van der Waals surface area contributed by atoms with Crippen LogP contribution in [-0.2, 0) is 17.7 Å². The van der Waals surface area contributed by atoms with Gasteiger partial charge < -0.3 is 45.5 Å². The molecule has 0 aromatic heterocycles. The van der Waals surface area contributed by atoms with Gasteiger partial charge in [0.2, 0.25) is 0 Å². The first-order valence-corrected chi connectivity index (χ1v) is 15.8. The molecule has 0 aliphatic carbocycles. The molecule has 226 valence electrons. The van der Waals surface area contributed by atoms with E-state index in [0.717, 1.165) is 4.48 Å². The number of quaternary nitrogens is 1. The number of hydrogen-bond donors (Lipinski definition) is 0. The second-order valence-electron chi connectivity index (χ2n) is 9.84. The molecule has 7 nitrogen and oxygen atoms in total. The molecule has 0 aromatic rings. The molecule has 3 N–H and O–H groups in total. The van der Waals surface area contributed by atoms with Gasteiger partial charge in [0.15, 0.2) is 0 Å². The summed E-state index contributed by atoms with van der Waals surface area (Å²) in [4.78, 5) is 0. The van der Waals surface area contributed by atoms with E-state index in [9.17, 15) is 0 Å². The van der Waals surface area contributed by atoms with Crippen molar-refractivity contribution in [3.8, 4) is 0 Å². The quantitative estimate of drug-likeness (QED) is 0.100. The second-order valence-corrected chi connectivity index (χ2v) is 12.0. The van der Waals surface area contributed by atoms with Gasteiger partial charge in [-0.15, -0.1) is 0 Å². The first-order valence-electron chi connectivity index (χ1n) is 14.2. The molecule has 0 atom stereocenters. The van der Waals surface area contributed by atoms with Crippen molar-refractivity contribution in [1.29, 1.82) is 0 Å². The van der Waals surface area contributed by atoms with E-state index >= 15 is 0 Å². The summed E-state index contributed by atoms with van der Waals surface area (Å²) in [5.74, 6) is 0. The van der Waals surface area contributed by atoms with Crippen LogP contribution < -0.4 is 42.0 Å². The van der Waals surface area contributed by atoms with Gasteiger partial charge in [-0.05, 0) is 40.5 Å². The maximum atomic E-state index is 5.42. The Kier molecular flexibility index (Phi) is 51.3. The van der Waals surface area contributed by atoms with Crippen LogP contribution in [0.5, 0.6) is 0 Å². The summed E-state index contributed by atoms with van der Waals surface area (Å²) >= 11 is 0. The average molecular weight is 586 g/mol. The van der Waals surface area contributed by atoms with E-state index in [1.165, 1.54) is 96.4 Å². The predicted octanol–water partition coefficient (Wildman–Crippen LogP) is 0.748. The van der Waals surface area contributed by atoms with Crippen molar-refractivity contribution in [2.75, 3.05) is 54.1 Å². The third-order valence-electron chi connectivity index (χ3n) is 5.47. The molecular formula is C27H65ClNNaO6Si. The molecule has 0 rings (SSSR count). The van der Waals surface area contributed by atoms with Crippen molar-refractivity contribution in [3.05, 3.63) is 0 Å². The third-order valence-corrected chi connectivity index (χ3v) is 8.04. The first-order chi connectivity index (χ1) is 15.8. The van der Waals surface area contributed by atoms with E-state index in [0.29, 0.717) is 26.4 Å². The summed E-state index contributed by atoms with van der Waals surface area (Å²) in [6.07, 6.45) is 20.4.